The van der Waals surface area contributed by atoms with Gasteiger partial charge in [-0.2, -0.15) is 0 Å². The SMILES string of the molecule is Clc1cc(Cl)c(Nc2ccccc2Nc2c(Cl)cc(Cl)cc2Cl)c(Cl)c1. The maximum atomic E-state index is 6.26. The maximum Gasteiger partial charge on any atom is 0.0764 e. The summed E-state index contributed by atoms with van der Waals surface area (Å²) < 4.78 is 0. The topological polar surface area (TPSA) is 24.1 Å². The van der Waals surface area contributed by atoms with Gasteiger partial charge in [-0.05, 0) is 36.4 Å². The fraction of sp³-hybridized carbons (Fsp3) is 0. The second-order valence-electron chi connectivity index (χ2n) is 5.28. The van der Waals surface area contributed by atoms with Gasteiger partial charge in [0, 0.05) is 10.0 Å². The summed E-state index contributed by atoms with van der Waals surface area (Å²) in [4.78, 5) is 0. The van der Waals surface area contributed by atoms with Gasteiger partial charge in [0.25, 0.3) is 0 Å². The molecule has 134 valence electrons. The average molecular weight is 467 g/mol. The highest BCUT2D eigenvalue weighted by molar-refractivity contribution is 6.42. The molecule has 0 aliphatic rings. The predicted octanol–water partition coefficient (Wildman–Crippen LogP) is 9.09. The minimum Gasteiger partial charge on any atom is -0.351 e. The van der Waals surface area contributed by atoms with Crippen molar-refractivity contribution in [3.63, 3.8) is 0 Å². The van der Waals surface area contributed by atoms with Crippen LogP contribution >= 0.6 is 69.6 Å². The molecule has 0 saturated heterocycles. The van der Waals surface area contributed by atoms with Crippen LogP contribution in [0.2, 0.25) is 30.1 Å². The van der Waals surface area contributed by atoms with Gasteiger partial charge in [-0.25, -0.2) is 0 Å². The summed E-state index contributed by atoms with van der Waals surface area (Å²) >= 11 is 37.0. The Balaban J connectivity index is 1.98. The molecule has 3 rings (SSSR count). The molecule has 0 amide bonds. The Bertz CT molecular complexity index is 849. The highest BCUT2D eigenvalue weighted by Crippen LogP contribution is 2.40. The summed E-state index contributed by atoms with van der Waals surface area (Å²) in [5.41, 5.74) is 2.53. The van der Waals surface area contributed by atoms with Crippen LogP contribution in [0.15, 0.2) is 48.5 Å². The summed E-state index contributed by atoms with van der Waals surface area (Å²) in [5, 5.41) is 8.94. The molecule has 0 saturated carbocycles. The fourth-order valence-electron chi connectivity index (χ4n) is 2.29. The van der Waals surface area contributed by atoms with Crippen LogP contribution < -0.4 is 10.6 Å². The Morgan fingerprint density at radius 2 is 0.808 bits per heavy atom. The summed E-state index contributed by atoms with van der Waals surface area (Å²) in [6.45, 7) is 0. The smallest absolute Gasteiger partial charge is 0.0764 e. The first-order valence-corrected chi connectivity index (χ1v) is 9.54. The van der Waals surface area contributed by atoms with Crippen molar-refractivity contribution in [1.82, 2.24) is 0 Å². The van der Waals surface area contributed by atoms with E-state index in [1.807, 2.05) is 24.3 Å². The van der Waals surface area contributed by atoms with Crippen molar-refractivity contribution in [2.24, 2.45) is 0 Å². The minimum absolute atomic E-state index is 0.403. The van der Waals surface area contributed by atoms with Crippen LogP contribution in [0, 0.1) is 0 Å². The van der Waals surface area contributed by atoms with E-state index in [1.165, 1.54) is 0 Å². The molecular weight excluding hydrogens is 457 g/mol. The Kier molecular flexibility index (Phi) is 6.34. The molecular formula is C18H10Cl6N2. The van der Waals surface area contributed by atoms with Gasteiger partial charge in [-0.15, -0.1) is 0 Å². The average Bonchev–Trinajstić information content (AvgIpc) is 2.55. The quantitative estimate of drug-likeness (QED) is 0.400. The molecule has 0 heterocycles. The number of rotatable bonds is 4. The summed E-state index contributed by atoms with van der Waals surface area (Å²) in [6.07, 6.45) is 0. The molecule has 8 heteroatoms. The lowest BCUT2D eigenvalue weighted by molar-refractivity contribution is 1.50. The van der Waals surface area contributed by atoms with Crippen LogP contribution in [0.4, 0.5) is 22.7 Å². The Labute approximate surface area is 180 Å². The van der Waals surface area contributed by atoms with Crippen LogP contribution in [0.5, 0.6) is 0 Å². The van der Waals surface area contributed by atoms with E-state index in [0.717, 1.165) is 11.4 Å². The van der Waals surface area contributed by atoms with Gasteiger partial charge in [0.1, 0.15) is 0 Å². The van der Waals surface area contributed by atoms with Gasteiger partial charge in [0.2, 0.25) is 0 Å². The van der Waals surface area contributed by atoms with Crippen molar-refractivity contribution >= 4 is 92.4 Å². The van der Waals surface area contributed by atoms with Gasteiger partial charge in [-0.3, -0.25) is 0 Å². The van der Waals surface area contributed by atoms with Crippen molar-refractivity contribution in [1.29, 1.82) is 0 Å². The van der Waals surface area contributed by atoms with Crippen molar-refractivity contribution in [3.05, 3.63) is 78.7 Å². The number of nitrogens with one attached hydrogen (secondary N) is 2. The van der Waals surface area contributed by atoms with E-state index in [1.54, 1.807) is 24.3 Å². The molecule has 2 N–H and O–H groups in total. The molecule has 0 atom stereocenters. The molecule has 26 heavy (non-hydrogen) atoms. The molecule has 2 nitrogen and oxygen atoms in total. The van der Waals surface area contributed by atoms with E-state index in [0.29, 0.717) is 41.5 Å². The lowest BCUT2D eigenvalue weighted by atomic mass is 10.2. The van der Waals surface area contributed by atoms with Crippen LogP contribution in [-0.4, -0.2) is 0 Å². The van der Waals surface area contributed by atoms with Gasteiger partial charge in [0.05, 0.1) is 42.8 Å². The molecule has 0 spiro atoms. The predicted molar refractivity (Wildman–Crippen MR) is 116 cm³/mol. The normalized spacial score (nSPS) is 10.7. The van der Waals surface area contributed by atoms with Crippen LogP contribution in [0.25, 0.3) is 0 Å². The zero-order valence-electron chi connectivity index (χ0n) is 12.9. The van der Waals surface area contributed by atoms with Crippen molar-refractivity contribution in [2.45, 2.75) is 0 Å². The van der Waals surface area contributed by atoms with E-state index in [9.17, 15) is 0 Å². The van der Waals surface area contributed by atoms with Gasteiger partial charge < -0.3 is 10.6 Å². The maximum absolute atomic E-state index is 6.26. The zero-order chi connectivity index (χ0) is 18.8. The third-order valence-corrected chi connectivity index (χ3v) is 5.09. The molecule has 0 aliphatic carbocycles. The van der Waals surface area contributed by atoms with Crippen LogP contribution in [-0.2, 0) is 0 Å². The van der Waals surface area contributed by atoms with Crippen molar-refractivity contribution < 1.29 is 0 Å². The first kappa shape index (κ1) is 19.8. The highest BCUT2D eigenvalue weighted by Gasteiger charge is 2.13. The fourth-order valence-corrected chi connectivity index (χ4v) is 4.12. The molecule has 3 aromatic rings. The van der Waals surface area contributed by atoms with Gasteiger partial charge >= 0.3 is 0 Å². The van der Waals surface area contributed by atoms with E-state index < -0.39 is 0 Å². The number of para-hydroxylation sites is 2. The molecule has 0 radical (unpaired) electrons. The molecule has 0 fully saturated rings. The van der Waals surface area contributed by atoms with E-state index >= 15 is 0 Å². The Hall–Kier alpha value is -1.000. The number of hydrogen-bond donors (Lipinski definition) is 2. The lowest BCUT2D eigenvalue weighted by Crippen LogP contribution is -1.99. The first-order valence-electron chi connectivity index (χ1n) is 7.27. The Morgan fingerprint density at radius 3 is 1.12 bits per heavy atom. The molecule has 0 bridgehead atoms. The van der Waals surface area contributed by atoms with Crippen molar-refractivity contribution in [2.75, 3.05) is 10.6 Å². The largest absolute Gasteiger partial charge is 0.351 e. The number of halogens is 6. The van der Waals surface area contributed by atoms with Crippen molar-refractivity contribution in [3.8, 4) is 0 Å². The van der Waals surface area contributed by atoms with Crippen LogP contribution in [0.1, 0.15) is 0 Å². The molecule has 0 unspecified atom stereocenters. The van der Waals surface area contributed by atoms with E-state index in [2.05, 4.69) is 10.6 Å². The van der Waals surface area contributed by atoms with Gasteiger partial charge in [0.15, 0.2) is 0 Å². The highest BCUT2D eigenvalue weighted by atomic mass is 35.5. The second-order valence-corrected chi connectivity index (χ2v) is 7.79. The summed E-state index contributed by atoms with van der Waals surface area (Å²) in [7, 11) is 0. The van der Waals surface area contributed by atoms with E-state index in [4.69, 9.17) is 69.6 Å². The summed E-state index contributed by atoms with van der Waals surface area (Å²) in [6, 6.07) is 13.9. The molecule has 0 aromatic heterocycles. The second kappa shape index (κ2) is 8.35. The summed E-state index contributed by atoms with van der Waals surface area (Å²) in [5.74, 6) is 0. The monoisotopic (exact) mass is 464 g/mol. The third kappa shape index (κ3) is 4.45. The van der Waals surface area contributed by atoms with E-state index in [-0.39, 0.29) is 0 Å². The standard InChI is InChI=1S/C18H10Cl6N2/c19-9-5-11(21)17(12(22)6-9)25-15-3-1-2-4-16(15)26-18-13(23)7-10(20)8-14(18)24/h1-8,25-26H. The Morgan fingerprint density at radius 1 is 0.500 bits per heavy atom. The number of hydrogen-bond acceptors (Lipinski definition) is 2. The number of benzene rings is 3. The van der Waals surface area contributed by atoms with Crippen LogP contribution in [0.3, 0.4) is 0 Å². The minimum atomic E-state index is 0.403. The zero-order valence-corrected chi connectivity index (χ0v) is 17.4. The molecule has 3 aromatic carbocycles. The first-order chi connectivity index (χ1) is 12.3. The number of anilines is 4. The lowest BCUT2D eigenvalue weighted by Gasteiger charge is -2.17. The molecule has 0 aliphatic heterocycles. The third-order valence-electron chi connectivity index (χ3n) is 3.46. The van der Waals surface area contributed by atoms with Gasteiger partial charge in [-0.1, -0.05) is 81.7 Å².